The Balaban J connectivity index is 1.65. The van der Waals surface area contributed by atoms with Crippen LogP contribution < -0.4 is 10.7 Å². The summed E-state index contributed by atoms with van der Waals surface area (Å²) in [6.45, 7) is 0. The van der Waals surface area contributed by atoms with Crippen molar-refractivity contribution in [3.05, 3.63) is 88.9 Å². The van der Waals surface area contributed by atoms with Gasteiger partial charge in [-0.3, -0.25) is 15.0 Å². The minimum absolute atomic E-state index is 0.0291. The van der Waals surface area contributed by atoms with Crippen LogP contribution in [-0.2, 0) is 20.0 Å². The summed E-state index contributed by atoms with van der Waals surface area (Å²) in [5.41, 5.74) is 1.96. The summed E-state index contributed by atoms with van der Waals surface area (Å²) < 4.78 is 50.7. The van der Waals surface area contributed by atoms with Crippen molar-refractivity contribution in [1.29, 1.82) is 0 Å². The number of carbonyl (C=O) groups is 2. The van der Waals surface area contributed by atoms with E-state index in [1.807, 2.05) is 5.43 Å². The van der Waals surface area contributed by atoms with Gasteiger partial charge in [0.15, 0.2) is 0 Å². The van der Waals surface area contributed by atoms with Crippen molar-refractivity contribution in [2.45, 2.75) is 9.79 Å². The Morgan fingerprint density at radius 1 is 0.688 bits per heavy atom. The van der Waals surface area contributed by atoms with E-state index in [1.54, 1.807) is 12.1 Å². The molecule has 2 N–H and O–H groups in total. The van der Waals surface area contributed by atoms with Crippen molar-refractivity contribution in [1.82, 2.24) is 9.25 Å². The SMILES string of the molecule is O=C(Nc1ccccc1C(=O)NN1S(=O)(=O)c2ccccc2S1(=O)=O)c1ccccc1Cl. The second-order valence-corrected chi connectivity index (χ2v) is 10.7. The largest absolute Gasteiger partial charge is 0.321 e. The molecule has 0 saturated heterocycles. The van der Waals surface area contributed by atoms with Crippen LogP contribution in [0.5, 0.6) is 0 Å². The van der Waals surface area contributed by atoms with Gasteiger partial charge in [0.05, 0.1) is 21.8 Å². The third kappa shape index (κ3) is 3.65. The molecule has 0 fully saturated rings. The summed E-state index contributed by atoms with van der Waals surface area (Å²) in [6, 6.07) is 17.0. The predicted octanol–water partition coefficient (Wildman–Crippen LogP) is 2.63. The second-order valence-electron chi connectivity index (χ2n) is 6.57. The van der Waals surface area contributed by atoms with Crippen LogP contribution >= 0.6 is 11.6 Å². The lowest BCUT2D eigenvalue weighted by atomic mass is 10.1. The first-order valence-electron chi connectivity index (χ1n) is 8.99. The molecule has 3 aromatic carbocycles. The quantitative estimate of drug-likeness (QED) is 0.577. The van der Waals surface area contributed by atoms with E-state index >= 15 is 0 Å². The van der Waals surface area contributed by atoms with Crippen LogP contribution in [-0.4, -0.2) is 32.5 Å². The molecule has 4 rings (SSSR count). The van der Waals surface area contributed by atoms with Gasteiger partial charge in [0, 0.05) is 3.82 Å². The lowest BCUT2D eigenvalue weighted by Crippen LogP contribution is -2.46. The fourth-order valence-electron chi connectivity index (χ4n) is 3.07. The molecule has 0 unspecified atom stereocenters. The van der Waals surface area contributed by atoms with Gasteiger partial charge < -0.3 is 5.32 Å². The number of rotatable bonds is 4. The average molecular weight is 492 g/mol. The summed E-state index contributed by atoms with van der Waals surface area (Å²) in [6.07, 6.45) is 0. The summed E-state index contributed by atoms with van der Waals surface area (Å²) in [4.78, 5) is 24.6. The van der Waals surface area contributed by atoms with E-state index in [1.165, 1.54) is 48.5 Å². The number of benzene rings is 3. The van der Waals surface area contributed by atoms with Crippen LogP contribution in [0.15, 0.2) is 82.6 Å². The molecule has 0 aliphatic carbocycles. The number of halogens is 1. The number of sulfonamides is 2. The number of amides is 2. The highest BCUT2D eigenvalue weighted by atomic mass is 35.5. The number of hydrogen-bond donors (Lipinski definition) is 2. The maximum Gasteiger partial charge on any atom is 0.275 e. The molecule has 0 aromatic heterocycles. The van der Waals surface area contributed by atoms with E-state index in [0.717, 1.165) is 12.1 Å². The van der Waals surface area contributed by atoms with Crippen LogP contribution in [0.3, 0.4) is 0 Å². The molecule has 1 aliphatic rings. The number of anilines is 1. The number of hydrogen-bond acceptors (Lipinski definition) is 6. The first-order chi connectivity index (χ1) is 15.1. The zero-order valence-corrected chi connectivity index (χ0v) is 18.4. The van der Waals surface area contributed by atoms with Crippen molar-refractivity contribution in [3.63, 3.8) is 0 Å². The molecular weight excluding hydrogens is 478 g/mol. The smallest absolute Gasteiger partial charge is 0.275 e. The van der Waals surface area contributed by atoms with Crippen LogP contribution in [0.4, 0.5) is 5.69 Å². The standard InChI is InChI=1S/C20H14ClN3O6S2/c21-15-9-3-1-7-13(15)19(25)22-16-10-4-2-8-14(16)20(26)23-24-31(27,28)17-11-5-6-12-18(17)32(24,29)30/h1-12H,(H,22,25)(H,23,26). The van der Waals surface area contributed by atoms with Gasteiger partial charge >= 0.3 is 0 Å². The summed E-state index contributed by atoms with van der Waals surface area (Å²) in [7, 11) is -9.07. The van der Waals surface area contributed by atoms with Crippen molar-refractivity contribution < 1.29 is 26.4 Å². The van der Waals surface area contributed by atoms with Gasteiger partial charge in [-0.2, -0.15) is 0 Å². The third-order valence-electron chi connectivity index (χ3n) is 4.57. The molecular formula is C20H14ClN3O6S2. The molecule has 3 aromatic rings. The van der Waals surface area contributed by atoms with Gasteiger partial charge in [0.25, 0.3) is 31.9 Å². The van der Waals surface area contributed by atoms with Gasteiger partial charge in [-0.1, -0.05) is 48.0 Å². The fraction of sp³-hybridized carbons (Fsp3) is 0. The predicted molar refractivity (Wildman–Crippen MR) is 116 cm³/mol. The first kappa shape index (κ1) is 22.0. The maximum absolute atomic E-state index is 12.9. The number of nitrogens with zero attached hydrogens (tertiary/aromatic N) is 1. The number of para-hydroxylation sites is 1. The lowest BCUT2D eigenvalue weighted by molar-refractivity contribution is 0.0916. The van der Waals surface area contributed by atoms with E-state index in [-0.39, 0.29) is 25.7 Å². The summed E-state index contributed by atoms with van der Waals surface area (Å²) >= 11 is 6.03. The number of carbonyl (C=O) groups excluding carboxylic acids is 2. The molecule has 1 heterocycles. The van der Waals surface area contributed by atoms with E-state index in [2.05, 4.69) is 5.32 Å². The van der Waals surface area contributed by atoms with Gasteiger partial charge in [-0.15, -0.1) is 0 Å². The lowest BCUT2D eigenvalue weighted by Gasteiger charge is -2.17. The van der Waals surface area contributed by atoms with Gasteiger partial charge in [0.2, 0.25) is 0 Å². The Labute approximate surface area is 188 Å². The van der Waals surface area contributed by atoms with Crippen LogP contribution in [0.25, 0.3) is 0 Å². The molecule has 0 atom stereocenters. The Kier molecular flexibility index (Phi) is 5.51. The van der Waals surface area contributed by atoms with Crippen molar-refractivity contribution in [3.8, 4) is 0 Å². The molecule has 164 valence electrons. The zero-order chi connectivity index (χ0) is 23.1. The highest BCUT2D eigenvalue weighted by Gasteiger charge is 2.48. The minimum Gasteiger partial charge on any atom is -0.321 e. The molecule has 0 spiro atoms. The maximum atomic E-state index is 12.9. The highest BCUT2D eigenvalue weighted by Crippen LogP contribution is 2.35. The zero-order valence-electron chi connectivity index (χ0n) is 16.0. The summed E-state index contributed by atoms with van der Waals surface area (Å²) in [5, 5.41) is 2.72. The number of hydrazine groups is 1. The Bertz CT molecular complexity index is 1420. The van der Waals surface area contributed by atoms with Crippen LogP contribution in [0, 0.1) is 0 Å². The normalized spacial score (nSPS) is 16.2. The van der Waals surface area contributed by atoms with Crippen molar-refractivity contribution in [2.75, 3.05) is 5.32 Å². The van der Waals surface area contributed by atoms with Crippen molar-refractivity contribution in [2.24, 2.45) is 0 Å². The highest BCUT2D eigenvalue weighted by molar-refractivity contribution is 8.06. The molecule has 1 aliphatic heterocycles. The third-order valence-corrected chi connectivity index (χ3v) is 9.09. The van der Waals surface area contributed by atoms with E-state index in [9.17, 15) is 26.4 Å². The molecule has 12 heteroatoms. The fourth-order valence-corrected chi connectivity index (χ4v) is 7.35. The molecule has 32 heavy (non-hydrogen) atoms. The van der Waals surface area contributed by atoms with Gasteiger partial charge in [-0.25, -0.2) is 16.8 Å². The Hall–Kier alpha value is -3.25. The number of fused-ring (bicyclic) bond motifs is 1. The molecule has 0 saturated carbocycles. The number of nitrogens with one attached hydrogen (secondary N) is 2. The Morgan fingerprint density at radius 3 is 1.78 bits per heavy atom. The molecule has 2 amide bonds. The summed E-state index contributed by atoms with van der Waals surface area (Å²) in [5.74, 6) is -1.66. The van der Waals surface area contributed by atoms with E-state index < -0.39 is 41.7 Å². The van der Waals surface area contributed by atoms with Crippen LogP contribution in [0.1, 0.15) is 20.7 Å². The molecule has 0 radical (unpaired) electrons. The minimum atomic E-state index is -4.53. The van der Waals surface area contributed by atoms with Gasteiger partial charge in [-0.05, 0) is 36.4 Å². The topological polar surface area (TPSA) is 130 Å². The van der Waals surface area contributed by atoms with Crippen molar-refractivity contribution >= 4 is 49.1 Å². The molecule has 9 nitrogen and oxygen atoms in total. The van der Waals surface area contributed by atoms with E-state index in [0.29, 0.717) is 0 Å². The van der Waals surface area contributed by atoms with E-state index in [4.69, 9.17) is 11.6 Å². The monoisotopic (exact) mass is 491 g/mol. The van der Waals surface area contributed by atoms with Crippen LogP contribution in [0.2, 0.25) is 5.02 Å². The Morgan fingerprint density at radius 2 is 1.19 bits per heavy atom. The average Bonchev–Trinajstić information content (AvgIpc) is 2.92. The first-order valence-corrected chi connectivity index (χ1v) is 12.3. The second kappa shape index (κ2) is 8.02. The van der Waals surface area contributed by atoms with Gasteiger partial charge in [0.1, 0.15) is 9.79 Å². The molecule has 0 bridgehead atoms.